The van der Waals surface area contributed by atoms with E-state index in [0.717, 1.165) is 0 Å². The first-order valence-corrected chi connectivity index (χ1v) is 7.47. The summed E-state index contributed by atoms with van der Waals surface area (Å²) >= 11 is 0. The van der Waals surface area contributed by atoms with Gasteiger partial charge in [0.05, 0.1) is 0 Å². The first-order chi connectivity index (χ1) is 10.3. The molecule has 0 atom stereocenters. The highest BCUT2D eigenvalue weighted by molar-refractivity contribution is 6.14. The van der Waals surface area contributed by atoms with E-state index < -0.39 is 0 Å². The SMILES string of the molecule is CC.CC.CC(=O)c1cc(C(C)=O)c(C(C)=O)cc1C(C)=O. The van der Waals surface area contributed by atoms with Crippen LogP contribution in [0.25, 0.3) is 0 Å². The van der Waals surface area contributed by atoms with Crippen LogP contribution in [0, 0.1) is 0 Å². The minimum absolute atomic E-state index is 0.178. The van der Waals surface area contributed by atoms with Crippen molar-refractivity contribution in [2.24, 2.45) is 0 Å². The van der Waals surface area contributed by atoms with Crippen molar-refractivity contribution in [1.29, 1.82) is 0 Å². The summed E-state index contributed by atoms with van der Waals surface area (Å²) in [5, 5.41) is 0. The molecule has 1 rings (SSSR count). The number of hydrogen-bond acceptors (Lipinski definition) is 4. The fourth-order valence-corrected chi connectivity index (χ4v) is 1.76. The molecule has 0 fully saturated rings. The van der Waals surface area contributed by atoms with Gasteiger partial charge in [0, 0.05) is 22.3 Å². The topological polar surface area (TPSA) is 68.3 Å². The van der Waals surface area contributed by atoms with Crippen LogP contribution in [0.1, 0.15) is 96.8 Å². The fraction of sp³-hybridized carbons (Fsp3) is 0.444. The van der Waals surface area contributed by atoms with Gasteiger partial charge >= 0.3 is 0 Å². The van der Waals surface area contributed by atoms with Crippen LogP contribution in [0.15, 0.2) is 12.1 Å². The molecule has 122 valence electrons. The maximum Gasteiger partial charge on any atom is 0.160 e. The monoisotopic (exact) mass is 306 g/mol. The van der Waals surface area contributed by atoms with Gasteiger partial charge in [-0.05, 0) is 39.8 Å². The van der Waals surface area contributed by atoms with Crippen molar-refractivity contribution in [3.8, 4) is 0 Å². The number of benzene rings is 1. The van der Waals surface area contributed by atoms with E-state index in [1.54, 1.807) is 0 Å². The summed E-state index contributed by atoms with van der Waals surface area (Å²) in [4.78, 5) is 45.9. The highest BCUT2D eigenvalue weighted by atomic mass is 16.1. The molecule has 0 spiro atoms. The summed E-state index contributed by atoms with van der Waals surface area (Å²) in [6.07, 6.45) is 0. The zero-order valence-corrected chi connectivity index (χ0v) is 14.8. The van der Waals surface area contributed by atoms with E-state index in [9.17, 15) is 19.2 Å². The molecule has 0 heterocycles. The van der Waals surface area contributed by atoms with Crippen molar-refractivity contribution < 1.29 is 19.2 Å². The number of hydrogen-bond donors (Lipinski definition) is 0. The van der Waals surface area contributed by atoms with Gasteiger partial charge in [0.1, 0.15) is 0 Å². The summed E-state index contributed by atoms with van der Waals surface area (Å²) in [6.45, 7) is 13.3. The van der Waals surface area contributed by atoms with Gasteiger partial charge in [-0.15, -0.1) is 0 Å². The zero-order chi connectivity index (χ0) is 18.0. The molecule has 0 aliphatic heterocycles. The second-order valence-corrected chi connectivity index (χ2v) is 4.17. The van der Waals surface area contributed by atoms with Gasteiger partial charge in [-0.25, -0.2) is 0 Å². The Kier molecular flexibility index (Phi) is 10.7. The molecule has 0 aliphatic rings. The van der Waals surface area contributed by atoms with Gasteiger partial charge in [-0.3, -0.25) is 19.2 Å². The number of ketones is 4. The van der Waals surface area contributed by atoms with Crippen molar-refractivity contribution in [1.82, 2.24) is 0 Å². The lowest BCUT2D eigenvalue weighted by molar-refractivity contribution is 0.0970. The highest BCUT2D eigenvalue weighted by Crippen LogP contribution is 2.20. The van der Waals surface area contributed by atoms with Crippen LogP contribution in [0.2, 0.25) is 0 Å². The quantitative estimate of drug-likeness (QED) is 0.765. The van der Waals surface area contributed by atoms with Gasteiger partial charge < -0.3 is 0 Å². The molecule has 0 aromatic heterocycles. The Balaban J connectivity index is 0. The summed E-state index contributed by atoms with van der Waals surface area (Å²) in [6, 6.07) is 2.66. The third-order valence-electron chi connectivity index (χ3n) is 2.67. The number of rotatable bonds is 4. The molecule has 0 N–H and O–H groups in total. The predicted molar refractivity (Wildman–Crippen MR) is 89.2 cm³/mol. The Hall–Kier alpha value is -2.10. The largest absolute Gasteiger partial charge is 0.294 e. The molecular formula is C18H26O4. The number of carbonyl (C=O) groups is 4. The molecule has 4 nitrogen and oxygen atoms in total. The standard InChI is InChI=1S/C14H14O4.2C2H6/c1-7(15)11-5-13(9(3)17)14(10(4)18)6-12(11)8(2)16;2*1-2/h5-6H,1-4H3;2*1-2H3. The molecule has 0 amide bonds. The third-order valence-corrected chi connectivity index (χ3v) is 2.67. The lowest BCUT2D eigenvalue weighted by Gasteiger charge is -2.10. The van der Waals surface area contributed by atoms with E-state index in [1.807, 2.05) is 27.7 Å². The second-order valence-electron chi connectivity index (χ2n) is 4.17. The van der Waals surface area contributed by atoms with Crippen LogP contribution >= 0.6 is 0 Å². The summed E-state index contributed by atoms with van der Waals surface area (Å²) in [5.41, 5.74) is 0.714. The van der Waals surface area contributed by atoms with E-state index >= 15 is 0 Å². The van der Waals surface area contributed by atoms with Crippen LogP contribution < -0.4 is 0 Å². The second kappa shape index (κ2) is 10.6. The predicted octanol–water partition coefficient (Wildman–Crippen LogP) is 4.55. The van der Waals surface area contributed by atoms with Crippen LogP contribution in [0.5, 0.6) is 0 Å². The van der Waals surface area contributed by atoms with Crippen LogP contribution in [-0.4, -0.2) is 23.1 Å². The molecule has 0 aliphatic carbocycles. The average Bonchev–Trinajstić information content (AvgIpc) is 2.49. The Labute approximate surface area is 132 Å². The Morgan fingerprint density at radius 1 is 0.500 bits per heavy atom. The lowest BCUT2D eigenvalue weighted by Crippen LogP contribution is -2.12. The molecule has 1 aromatic carbocycles. The van der Waals surface area contributed by atoms with Crippen molar-refractivity contribution in [3.05, 3.63) is 34.4 Å². The molecular weight excluding hydrogens is 280 g/mol. The maximum atomic E-state index is 11.5. The van der Waals surface area contributed by atoms with E-state index in [1.165, 1.54) is 39.8 Å². The Morgan fingerprint density at radius 2 is 0.636 bits per heavy atom. The molecule has 0 unspecified atom stereocenters. The Morgan fingerprint density at radius 3 is 0.727 bits per heavy atom. The normalized spacial score (nSPS) is 8.73. The van der Waals surface area contributed by atoms with Crippen molar-refractivity contribution >= 4 is 23.1 Å². The van der Waals surface area contributed by atoms with Gasteiger partial charge in [0.15, 0.2) is 23.1 Å². The molecule has 0 saturated carbocycles. The smallest absolute Gasteiger partial charge is 0.160 e. The van der Waals surface area contributed by atoms with E-state index in [2.05, 4.69) is 0 Å². The van der Waals surface area contributed by atoms with E-state index in [-0.39, 0.29) is 45.4 Å². The van der Waals surface area contributed by atoms with Gasteiger partial charge in [-0.2, -0.15) is 0 Å². The van der Waals surface area contributed by atoms with Crippen molar-refractivity contribution in [2.75, 3.05) is 0 Å². The third kappa shape index (κ3) is 5.72. The van der Waals surface area contributed by atoms with E-state index in [4.69, 9.17) is 0 Å². The van der Waals surface area contributed by atoms with Crippen molar-refractivity contribution in [3.63, 3.8) is 0 Å². The average molecular weight is 306 g/mol. The first-order valence-electron chi connectivity index (χ1n) is 7.47. The molecule has 0 bridgehead atoms. The van der Waals surface area contributed by atoms with Crippen LogP contribution in [0.3, 0.4) is 0 Å². The maximum absolute atomic E-state index is 11.5. The molecule has 4 heteroatoms. The highest BCUT2D eigenvalue weighted by Gasteiger charge is 2.19. The summed E-state index contributed by atoms with van der Waals surface area (Å²) in [7, 11) is 0. The molecule has 22 heavy (non-hydrogen) atoms. The van der Waals surface area contributed by atoms with Gasteiger partial charge in [-0.1, -0.05) is 27.7 Å². The fourth-order valence-electron chi connectivity index (χ4n) is 1.76. The first kappa shape index (κ1) is 22.2. The molecule has 1 aromatic rings. The Bertz CT molecular complexity index is 470. The minimum Gasteiger partial charge on any atom is -0.294 e. The summed E-state index contributed by atoms with van der Waals surface area (Å²) < 4.78 is 0. The van der Waals surface area contributed by atoms with E-state index in [0.29, 0.717) is 0 Å². The van der Waals surface area contributed by atoms with Gasteiger partial charge in [0.25, 0.3) is 0 Å². The molecule has 0 radical (unpaired) electrons. The van der Waals surface area contributed by atoms with Gasteiger partial charge in [0.2, 0.25) is 0 Å². The molecule has 0 saturated heterocycles. The van der Waals surface area contributed by atoms with Crippen LogP contribution in [-0.2, 0) is 0 Å². The zero-order valence-electron chi connectivity index (χ0n) is 14.8. The number of carbonyl (C=O) groups excluding carboxylic acids is 4. The van der Waals surface area contributed by atoms with Crippen LogP contribution in [0.4, 0.5) is 0 Å². The lowest BCUT2D eigenvalue weighted by atomic mass is 9.91. The summed E-state index contributed by atoms with van der Waals surface area (Å²) in [5.74, 6) is -1.23. The van der Waals surface area contributed by atoms with Crippen molar-refractivity contribution in [2.45, 2.75) is 55.4 Å². The minimum atomic E-state index is -0.308. The number of Topliss-reactive ketones (excluding diaryl/α,β-unsaturated/α-hetero) is 4.